The Morgan fingerprint density at radius 3 is 2.75 bits per heavy atom. The van der Waals surface area contributed by atoms with Crippen LogP contribution in [0.3, 0.4) is 0 Å². The number of halogens is 1. The van der Waals surface area contributed by atoms with Crippen LogP contribution in [0.25, 0.3) is 0 Å². The average Bonchev–Trinajstić information content (AvgIpc) is 2.19. The predicted octanol–water partition coefficient (Wildman–Crippen LogP) is 1.23. The highest BCUT2D eigenvalue weighted by Crippen LogP contribution is 2.16. The van der Waals surface area contributed by atoms with Gasteiger partial charge in [0.1, 0.15) is 5.82 Å². The summed E-state index contributed by atoms with van der Waals surface area (Å²) in [6.45, 7) is 3.15. The fourth-order valence-electron chi connectivity index (χ4n) is 1.05. The molecule has 0 fully saturated rings. The zero-order chi connectivity index (χ0) is 12.1. The summed E-state index contributed by atoms with van der Waals surface area (Å²) < 4.78 is 0.852. The first-order valence-corrected chi connectivity index (χ1v) is 5.45. The van der Waals surface area contributed by atoms with Crippen molar-refractivity contribution in [3.8, 4) is 0 Å². The first-order chi connectivity index (χ1) is 7.49. The standard InChI is InChI=1S/C10H12BrN3O2/c1-6-3-8(11)4-13-10(6)14-9(16)5-12-7(2)15/h3-4H,5H2,1-2H3,(H,12,15)(H,13,14,16). The van der Waals surface area contributed by atoms with E-state index in [1.807, 2.05) is 13.0 Å². The lowest BCUT2D eigenvalue weighted by Crippen LogP contribution is -2.31. The molecular formula is C10H12BrN3O2. The molecule has 0 aliphatic rings. The molecule has 0 saturated heterocycles. The van der Waals surface area contributed by atoms with Crippen LogP contribution in [-0.2, 0) is 9.59 Å². The van der Waals surface area contributed by atoms with Crippen molar-refractivity contribution in [2.45, 2.75) is 13.8 Å². The number of anilines is 1. The SMILES string of the molecule is CC(=O)NCC(=O)Nc1ncc(Br)cc1C. The van der Waals surface area contributed by atoms with Crippen molar-refractivity contribution in [1.29, 1.82) is 0 Å². The fourth-order valence-corrected chi connectivity index (χ4v) is 1.50. The van der Waals surface area contributed by atoms with Crippen LogP contribution in [-0.4, -0.2) is 23.3 Å². The van der Waals surface area contributed by atoms with Crippen molar-refractivity contribution in [1.82, 2.24) is 10.3 Å². The quantitative estimate of drug-likeness (QED) is 0.877. The Labute approximate surface area is 102 Å². The third-order valence-electron chi connectivity index (χ3n) is 1.80. The average molecular weight is 286 g/mol. The molecule has 2 N–H and O–H groups in total. The summed E-state index contributed by atoms with van der Waals surface area (Å²) in [6, 6.07) is 1.85. The van der Waals surface area contributed by atoms with Crippen molar-refractivity contribution in [3.63, 3.8) is 0 Å². The molecule has 16 heavy (non-hydrogen) atoms. The van der Waals surface area contributed by atoms with Crippen LogP contribution in [0.5, 0.6) is 0 Å². The molecule has 5 nitrogen and oxygen atoms in total. The lowest BCUT2D eigenvalue weighted by Gasteiger charge is -2.07. The van der Waals surface area contributed by atoms with E-state index in [-0.39, 0.29) is 18.4 Å². The molecule has 0 unspecified atom stereocenters. The van der Waals surface area contributed by atoms with Crippen molar-refractivity contribution in [3.05, 3.63) is 22.3 Å². The minimum atomic E-state index is -0.298. The second-order valence-electron chi connectivity index (χ2n) is 3.28. The maximum absolute atomic E-state index is 11.4. The maximum Gasteiger partial charge on any atom is 0.244 e. The predicted molar refractivity (Wildman–Crippen MR) is 64.0 cm³/mol. The van der Waals surface area contributed by atoms with Gasteiger partial charge in [-0.25, -0.2) is 4.98 Å². The molecule has 0 spiro atoms. The molecule has 0 aliphatic heterocycles. The van der Waals surface area contributed by atoms with E-state index in [9.17, 15) is 9.59 Å². The van der Waals surface area contributed by atoms with Gasteiger partial charge in [-0.3, -0.25) is 9.59 Å². The molecule has 1 heterocycles. The highest BCUT2D eigenvalue weighted by Gasteiger charge is 2.06. The van der Waals surface area contributed by atoms with E-state index < -0.39 is 0 Å². The molecule has 0 atom stereocenters. The highest BCUT2D eigenvalue weighted by atomic mass is 79.9. The Kier molecular flexibility index (Phi) is 4.42. The molecule has 2 amide bonds. The van der Waals surface area contributed by atoms with E-state index in [2.05, 4.69) is 31.5 Å². The lowest BCUT2D eigenvalue weighted by atomic mass is 10.3. The van der Waals surface area contributed by atoms with E-state index >= 15 is 0 Å². The molecule has 0 saturated carbocycles. The first-order valence-electron chi connectivity index (χ1n) is 4.65. The molecule has 6 heteroatoms. The first kappa shape index (κ1) is 12.6. The number of aryl methyl sites for hydroxylation is 1. The van der Waals surface area contributed by atoms with Crippen LogP contribution in [0, 0.1) is 6.92 Å². The van der Waals surface area contributed by atoms with Gasteiger partial charge in [-0.05, 0) is 34.5 Å². The van der Waals surface area contributed by atoms with Gasteiger partial charge in [0.25, 0.3) is 0 Å². The largest absolute Gasteiger partial charge is 0.347 e. The van der Waals surface area contributed by atoms with Gasteiger partial charge in [-0.2, -0.15) is 0 Å². The number of hydrogen-bond acceptors (Lipinski definition) is 3. The summed E-state index contributed by atoms with van der Waals surface area (Å²) in [4.78, 5) is 26.0. The number of rotatable bonds is 3. The van der Waals surface area contributed by atoms with E-state index in [1.165, 1.54) is 6.92 Å². The zero-order valence-electron chi connectivity index (χ0n) is 9.00. The molecular weight excluding hydrogens is 274 g/mol. The summed E-state index contributed by atoms with van der Waals surface area (Å²) in [5.74, 6) is -0.0395. The van der Waals surface area contributed by atoms with Crippen molar-refractivity contribution < 1.29 is 9.59 Å². The van der Waals surface area contributed by atoms with Gasteiger partial charge < -0.3 is 10.6 Å². The van der Waals surface area contributed by atoms with Crippen LogP contribution in [0.4, 0.5) is 5.82 Å². The summed E-state index contributed by atoms with van der Waals surface area (Å²) in [5, 5.41) is 5.02. The monoisotopic (exact) mass is 285 g/mol. The second kappa shape index (κ2) is 5.60. The Hall–Kier alpha value is -1.43. The van der Waals surface area contributed by atoms with Crippen LogP contribution in [0.15, 0.2) is 16.7 Å². The lowest BCUT2D eigenvalue weighted by molar-refractivity contribution is -0.122. The smallest absolute Gasteiger partial charge is 0.244 e. The molecule has 0 aromatic carbocycles. The fraction of sp³-hybridized carbons (Fsp3) is 0.300. The van der Waals surface area contributed by atoms with Gasteiger partial charge in [-0.15, -0.1) is 0 Å². The Morgan fingerprint density at radius 2 is 2.19 bits per heavy atom. The molecule has 1 aromatic heterocycles. The topological polar surface area (TPSA) is 71.1 Å². The van der Waals surface area contributed by atoms with Crippen molar-refractivity contribution in [2.75, 3.05) is 11.9 Å². The number of hydrogen-bond donors (Lipinski definition) is 2. The van der Waals surface area contributed by atoms with Gasteiger partial charge >= 0.3 is 0 Å². The normalized spacial score (nSPS) is 9.69. The van der Waals surface area contributed by atoms with Gasteiger partial charge in [-0.1, -0.05) is 0 Å². The minimum absolute atomic E-state index is 0.0491. The molecule has 0 radical (unpaired) electrons. The highest BCUT2D eigenvalue weighted by molar-refractivity contribution is 9.10. The van der Waals surface area contributed by atoms with Crippen molar-refractivity contribution >= 4 is 33.6 Å². The van der Waals surface area contributed by atoms with Gasteiger partial charge in [0.15, 0.2) is 0 Å². The second-order valence-corrected chi connectivity index (χ2v) is 4.19. The number of pyridine rings is 1. The van der Waals surface area contributed by atoms with E-state index in [0.717, 1.165) is 10.0 Å². The van der Waals surface area contributed by atoms with Gasteiger partial charge in [0.05, 0.1) is 6.54 Å². The Balaban J connectivity index is 2.59. The molecule has 0 bridgehead atoms. The number of amides is 2. The number of aromatic nitrogens is 1. The molecule has 86 valence electrons. The van der Waals surface area contributed by atoms with Crippen molar-refractivity contribution in [2.24, 2.45) is 0 Å². The molecule has 0 aliphatic carbocycles. The van der Waals surface area contributed by atoms with Crippen LogP contribution in [0.1, 0.15) is 12.5 Å². The van der Waals surface area contributed by atoms with Crippen LogP contribution < -0.4 is 10.6 Å². The van der Waals surface area contributed by atoms with Crippen LogP contribution >= 0.6 is 15.9 Å². The summed E-state index contributed by atoms with van der Waals surface area (Å²) >= 11 is 3.28. The Bertz CT molecular complexity index is 421. The third kappa shape index (κ3) is 3.98. The Morgan fingerprint density at radius 1 is 1.50 bits per heavy atom. The van der Waals surface area contributed by atoms with Crippen LogP contribution in [0.2, 0.25) is 0 Å². The number of nitrogens with one attached hydrogen (secondary N) is 2. The maximum atomic E-state index is 11.4. The van der Waals surface area contributed by atoms with E-state index in [4.69, 9.17) is 0 Å². The molecule has 1 rings (SSSR count). The number of nitrogens with zero attached hydrogens (tertiary/aromatic N) is 1. The summed E-state index contributed by atoms with van der Waals surface area (Å²) in [7, 11) is 0. The summed E-state index contributed by atoms with van der Waals surface area (Å²) in [5.41, 5.74) is 0.852. The summed E-state index contributed by atoms with van der Waals surface area (Å²) in [6.07, 6.45) is 1.60. The third-order valence-corrected chi connectivity index (χ3v) is 2.23. The van der Waals surface area contributed by atoms with E-state index in [1.54, 1.807) is 6.20 Å². The minimum Gasteiger partial charge on any atom is -0.347 e. The number of carbonyl (C=O) groups excluding carboxylic acids is 2. The van der Waals surface area contributed by atoms with Gasteiger partial charge in [0, 0.05) is 17.6 Å². The van der Waals surface area contributed by atoms with Gasteiger partial charge in [0.2, 0.25) is 11.8 Å². The van der Waals surface area contributed by atoms with E-state index in [0.29, 0.717) is 5.82 Å². The number of carbonyl (C=O) groups is 2. The molecule has 1 aromatic rings. The zero-order valence-corrected chi connectivity index (χ0v) is 10.6.